The third-order valence-electron chi connectivity index (χ3n) is 10.1. The summed E-state index contributed by atoms with van der Waals surface area (Å²) in [6, 6.07) is 47.7. The van der Waals surface area contributed by atoms with Crippen LogP contribution < -0.4 is 0 Å². The molecule has 0 fully saturated rings. The first-order valence-electron chi connectivity index (χ1n) is 14.9. The summed E-state index contributed by atoms with van der Waals surface area (Å²) in [5.41, 5.74) is 12.1. The fraction of sp³-hybridized carbons (Fsp3) is 0.0732. The van der Waals surface area contributed by atoms with Gasteiger partial charge in [0, 0.05) is 32.3 Å². The molecule has 0 amide bonds. The smallest absolute Gasteiger partial charge is 0.0620 e. The van der Waals surface area contributed by atoms with Gasteiger partial charge in [0.15, 0.2) is 0 Å². The standard InChI is InChI=1S/C41H27N/c1-41(2)35-17-8-7-14-32(35)38-28-13-6-5-12-27(28)33(23-36(38)41)25-19-21-37-34(22-25)30-16-9-15-29-31-20-18-24-10-3-4-11-26(24)39(31)42(37)40(29)30/h3-23H,1-2H3. The topological polar surface area (TPSA) is 4.41 Å². The lowest BCUT2D eigenvalue weighted by Crippen LogP contribution is -2.15. The Morgan fingerprint density at radius 2 is 1.12 bits per heavy atom. The van der Waals surface area contributed by atoms with Crippen molar-refractivity contribution in [2.24, 2.45) is 0 Å². The molecule has 42 heavy (non-hydrogen) atoms. The van der Waals surface area contributed by atoms with E-state index in [-0.39, 0.29) is 5.41 Å². The molecule has 0 saturated heterocycles. The Morgan fingerprint density at radius 3 is 2.00 bits per heavy atom. The maximum Gasteiger partial charge on any atom is 0.0620 e. The predicted molar refractivity (Wildman–Crippen MR) is 179 cm³/mol. The van der Waals surface area contributed by atoms with Gasteiger partial charge in [-0.3, -0.25) is 0 Å². The molecule has 2 heterocycles. The van der Waals surface area contributed by atoms with Gasteiger partial charge in [-0.2, -0.15) is 0 Å². The first-order chi connectivity index (χ1) is 20.6. The van der Waals surface area contributed by atoms with E-state index in [0.29, 0.717) is 0 Å². The number of para-hydroxylation sites is 1. The number of benzene rings is 7. The molecule has 196 valence electrons. The fourth-order valence-electron chi connectivity index (χ4n) is 8.19. The predicted octanol–water partition coefficient (Wildman–Crippen LogP) is 11.1. The summed E-state index contributed by atoms with van der Waals surface area (Å²) in [7, 11) is 0. The van der Waals surface area contributed by atoms with Gasteiger partial charge in [-0.05, 0) is 67.7 Å². The average Bonchev–Trinajstić information content (AvgIpc) is 3.63. The fourth-order valence-corrected chi connectivity index (χ4v) is 8.19. The Bertz CT molecular complexity index is 2590. The lowest BCUT2D eigenvalue weighted by Gasteiger charge is -2.23. The van der Waals surface area contributed by atoms with Crippen LogP contribution >= 0.6 is 0 Å². The summed E-state index contributed by atoms with van der Waals surface area (Å²) >= 11 is 0. The molecule has 0 spiro atoms. The molecule has 1 nitrogen and oxygen atoms in total. The van der Waals surface area contributed by atoms with Crippen molar-refractivity contribution < 1.29 is 0 Å². The summed E-state index contributed by atoms with van der Waals surface area (Å²) in [4.78, 5) is 0. The summed E-state index contributed by atoms with van der Waals surface area (Å²) in [5, 5.41) is 10.5. The maximum absolute atomic E-state index is 2.52. The van der Waals surface area contributed by atoms with E-state index in [9.17, 15) is 0 Å². The van der Waals surface area contributed by atoms with E-state index < -0.39 is 0 Å². The highest BCUT2D eigenvalue weighted by Crippen LogP contribution is 2.53. The van der Waals surface area contributed by atoms with Crippen molar-refractivity contribution in [1.29, 1.82) is 0 Å². The van der Waals surface area contributed by atoms with Gasteiger partial charge in [0.2, 0.25) is 0 Å². The van der Waals surface area contributed by atoms with Gasteiger partial charge in [-0.15, -0.1) is 0 Å². The summed E-state index contributed by atoms with van der Waals surface area (Å²) in [5.74, 6) is 0. The van der Waals surface area contributed by atoms with Crippen molar-refractivity contribution in [1.82, 2.24) is 4.40 Å². The quantitative estimate of drug-likeness (QED) is 0.198. The first kappa shape index (κ1) is 22.5. The van der Waals surface area contributed by atoms with Crippen LogP contribution in [0, 0.1) is 0 Å². The molecule has 0 bridgehead atoms. The average molecular weight is 534 g/mol. The molecule has 0 radical (unpaired) electrons. The molecule has 1 aliphatic carbocycles. The second kappa shape index (κ2) is 7.57. The lowest BCUT2D eigenvalue weighted by molar-refractivity contribution is 0.661. The van der Waals surface area contributed by atoms with Crippen molar-refractivity contribution in [3.8, 4) is 22.3 Å². The summed E-state index contributed by atoms with van der Waals surface area (Å²) in [6.07, 6.45) is 0. The van der Waals surface area contributed by atoms with Gasteiger partial charge in [-0.25, -0.2) is 0 Å². The van der Waals surface area contributed by atoms with Crippen LogP contribution in [0.5, 0.6) is 0 Å². The van der Waals surface area contributed by atoms with Gasteiger partial charge in [0.1, 0.15) is 0 Å². The van der Waals surface area contributed by atoms with E-state index in [2.05, 4.69) is 146 Å². The molecule has 1 heteroatoms. The second-order valence-electron chi connectivity index (χ2n) is 12.5. The number of hydrogen-bond donors (Lipinski definition) is 0. The van der Waals surface area contributed by atoms with Crippen LogP contribution in [-0.4, -0.2) is 4.40 Å². The van der Waals surface area contributed by atoms with E-state index in [0.717, 1.165) is 0 Å². The Labute approximate surface area is 243 Å². The summed E-state index contributed by atoms with van der Waals surface area (Å²) < 4.78 is 2.52. The van der Waals surface area contributed by atoms with E-state index in [4.69, 9.17) is 0 Å². The van der Waals surface area contributed by atoms with Crippen LogP contribution in [0.25, 0.3) is 81.9 Å². The minimum absolute atomic E-state index is 0.0503. The Hall–Kier alpha value is -5.14. The van der Waals surface area contributed by atoms with Gasteiger partial charge < -0.3 is 4.40 Å². The van der Waals surface area contributed by atoms with Crippen LogP contribution in [0.1, 0.15) is 25.0 Å². The molecule has 7 aromatic carbocycles. The third kappa shape index (κ3) is 2.61. The van der Waals surface area contributed by atoms with E-state index in [1.54, 1.807) is 0 Å². The van der Waals surface area contributed by atoms with Crippen LogP contribution in [-0.2, 0) is 5.41 Å². The van der Waals surface area contributed by atoms with E-state index >= 15 is 0 Å². The zero-order valence-corrected chi connectivity index (χ0v) is 23.6. The molecule has 1 aliphatic rings. The van der Waals surface area contributed by atoms with Gasteiger partial charge >= 0.3 is 0 Å². The number of hydrogen-bond acceptors (Lipinski definition) is 0. The van der Waals surface area contributed by atoms with Crippen molar-refractivity contribution in [3.63, 3.8) is 0 Å². The largest absolute Gasteiger partial charge is 0.307 e. The van der Waals surface area contributed by atoms with Crippen LogP contribution in [0.2, 0.25) is 0 Å². The molecular formula is C41H27N. The molecule has 0 unspecified atom stereocenters. The zero-order valence-electron chi connectivity index (χ0n) is 23.6. The highest BCUT2D eigenvalue weighted by Gasteiger charge is 2.37. The molecule has 0 saturated carbocycles. The lowest BCUT2D eigenvalue weighted by atomic mass is 9.80. The van der Waals surface area contributed by atoms with Crippen LogP contribution in [0.15, 0.2) is 127 Å². The van der Waals surface area contributed by atoms with Crippen molar-refractivity contribution in [2.45, 2.75) is 19.3 Å². The van der Waals surface area contributed by atoms with Crippen LogP contribution in [0.3, 0.4) is 0 Å². The number of aromatic nitrogens is 1. The van der Waals surface area contributed by atoms with E-state index in [1.807, 2.05) is 0 Å². The minimum atomic E-state index is -0.0503. The molecule has 10 rings (SSSR count). The highest BCUT2D eigenvalue weighted by atomic mass is 14.9. The third-order valence-corrected chi connectivity index (χ3v) is 10.1. The van der Waals surface area contributed by atoms with Crippen LogP contribution in [0.4, 0.5) is 0 Å². The molecule has 0 atom stereocenters. The van der Waals surface area contributed by atoms with Gasteiger partial charge in [0.05, 0.1) is 16.6 Å². The monoisotopic (exact) mass is 533 g/mol. The maximum atomic E-state index is 2.52. The Balaban J connectivity index is 1.31. The van der Waals surface area contributed by atoms with Crippen molar-refractivity contribution in [2.75, 3.05) is 0 Å². The molecule has 0 aliphatic heterocycles. The number of fused-ring (bicyclic) bond motifs is 13. The molecule has 0 N–H and O–H groups in total. The Morgan fingerprint density at radius 1 is 0.452 bits per heavy atom. The molecule has 2 aromatic heterocycles. The minimum Gasteiger partial charge on any atom is -0.307 e. The van der Waals surface area contributed by atoms with Crippen molar-refractivity contribution in [3.05, 3.63) is 139 Å². The SMILES string of the molecule is CC1(C)c2ccccc2-c2c1cc(-c1ccc3c(c1)c1cccc4c5ccc6ccccc6c5n3c14)c1ccccc21. The zero-order chi connectivity index (χ0) is 27.7. The summed E-state index contributed by atoms with van der Waals surface area (Å²) in [6.45, 7) is 4.75. The first-order valence-corrected chi connectivity index (χ1v) is 14.9. The van der Waals surface area contributed by atoms with Gasteiger partial charge in [0.25, 0.3) is 0 Å². The normalized spacial score (nSPS) is 14.1. The van der Waals surface area contributed by atoms with Crippen molar-refractivity contribution >= 4 is 59.6 Å². The number of rotatable bonds is 1. The highest BCUT2D eigenvalue weighted by molar-refractivity contribution is 6.27. The molecular weight excluding hydrogens is 506 g/mol. The molecule has 9 aromatic rings. The second-order valence-corrected chi connectivity index (χ2v) is 12.5. The van der Waals surface area contributed by atoms with Gasteiger partial charge in [-0.1, -0.05) is 123 Å². The Kier molecular flexibility index (Phi) is 4.06. The van der Waals surface area contributed by atoms with E-state index in [1.165, 1.54) is 93.0 Å². The number of nitrogens with zero attached hydrogens (tertiary/aromatic N) is 1.